The summed E-state index contributed by atoms with van der Waals surface area (Å²) in [6.07, 6.45) is -0.0225. The van der Waals surface area contributed by atoms with E-state index in [2.05, 4.69) is 28.0 Å². The van der Waals surface area contributed by atoms with Gasteiger partial charge in [-0.1, -0.05) is 12.1 Å². The van der Waals surface area contributed by atoms with Gasteiger partial charge < -0.3 is 9.84 Å². The zero-order valence-corrected chi connectivity index (χ0v) is 13.5. The molecule has 2 rings (SSSR count). The van der Waals surface area contributed by atoms with E-state index in [1.165, 1.54) is 5.56 Å². The smallest absolute Gasteiger partial charge is 0.120 e. The molecule has 1 fully saturated rings. The van der Waals surface area contributed by atoms with Gasteiger partial charge in [0, 0.05) is 39.3 Å². The Kier molecular flexibility index (Phi) is 6.03. The van der Waals surface area contributed by atoms with Crippen LogP contribution in [0.5, 0.6) is 5.75 Å². The molecule has 4 heteroatoms. The fourth-order valence-electron chi connectivity index (χ4n) is 2.75. The maximum atomic E-state index is 9.44. The van der Waals surface area contributed by atoms with Crippen molar-refractivity contribution >= 4 is 0 Å². The summed E-state index contributed by atoms with van der Waals surface area (Å²) in [5.74, 6) is 0.954. The van der Waals surface area contributed by atoms with Crippen LogP contribution in [0.15, 0.2) is 24.3 Å². The Bertz CT molecular complexity index is 427. The minimum Gasteiger partial charge on any atom is -0.491 e. The molecule has 0 saturated carbocycles. The van der Waals surface area contributed by atoms with E-state index in [1.54, 1.807) is 0 Å². The van der Waals surface area contributed by atoms with E-state index in [0.29, 0.717) is 0 Å². The first-order chi connectivity index (χ1) is 10.0. The number of rotatable bonds is 6. The predicted molar refractivity (Wildman–Crippen MR) is 85.6 cm³/mol. The lowest BCUT2D eigenvalue weighted by Crippen LogP contribution is -2.47. The Balaban J connectivity index is 1.83. The van der Waals surface area contributed by atoms with Crippen molar-refractivity contribution in [2.45, 2.75) is 39.5 Å². The van der Waals surface area contributed by atoms with Gasteiger partial charge in [-0.3, -0.25) is 9.80 Å². The lowest BCUT2D eigenvalue weighted by Gasteiger charge is -2.35. The quantitative estimate of drug-likeness (QED) is 0.869. The van der Waals surface area contributed by atoms with Gasteiger partial charge >= 0.3 is 0 Å². The first-order valence-corrected chi connectivity index (χ1v) is 7.91. The molecule has 1 aromatic rings. The molecule has 1 aliphatic rings. The number of nitrogens with zero attached hydrogens (tertiary/aromatic N) is 2. The van der Waals surface area contributed by atoms with Gasteiger partial charge in [0.1, 0.15) is 5.75 Å². The van der Waals surface area contributed by atoms with Crippen molar-refractivity contribution in [2.24, 2.45) is 0 Å². The van der Waals surface area contributed by atoms with Crippen molar-refractivity contribution in [3.8, 4) is 5.75 Å². The van der Waals surface area contributed by atoms with Crippen LogP contribution in [-0.4, -0.2) is 59.8 Å². The van der Waals surface area contributed by atoms with Crippen molar-refractivity contribution in [2.75, 3.05) is 32.7 Å². The highest BCUT2D eigenvalue weighted by Crippen LogP contribution is 2.17. The first-order valence-electron chi connectivity index (χ1n) is 7.91. The molecule has 1 aliphatic heterocycles. The third kappa shape index (κ3) is 5.65. The predicted octanol–water partition coefficient (Wildman–Crippen LogP) is 1.97. The molecule has 4 nitrogen and oxygen atoms in total. The second-order valence-electron chi connectivity index (χ2n) is 6.24. The Morgan fingerprint density at radius 3 is 2.38 bits per heavy atom. The fourth-order valence-corrected chi connectivity index (χ4v) is 2.75. The van der Waals surface area contributed by atoms with Crippen LogP contribution in [0.4, 0.5) is 0 Å². The normalized spacial score (nSPS) is 18.9. The summed E-state index contributed by atoms with van der Waals surface area (Å²) in [5, 5.41) is 9.44. The Morgan fingerprint density at radius 1 is 1.10 bits per heavy atom. The standard InChI is InChI=1S/C17H28N2O2/c1-14(2)21-17-6-4-5-16(11-17)13-19-9-7-18(8-10-19)12-15(3)20/h4-6,11,14-15,20H,7-10,12-13H2,1-3H3. The number of β-amino-alcohol motifs (C(OH)–C–C–N with tert-alkyl or cyclic N) is 1. The molecule has 21 heavy (non-hydrogen) atoms. The molecule has 0 spiro atoms. The lowest BCUT2D eigenvalue weighted by atomic mass is 10.2. The molecule has 1 unspecified atom stereocenters. The number of aliphatic hydroxyl groups is 1. The van der Waals surface area contributed by atoms with Gasteiger partial charge in [0.25, 0.3) is 0 Å². The second kappa shape index (κ2) is 7.78. The lowest BCUT2D eigenvalue weighted by molar-refractivity contribution is 0.0780. The average molecular weight is 292 g/mol. The summed E-state index contributed by atoms with van der Waals surface area (Å²) in [4.78, 5) is 4.80. The van der Waals surface area contributed by atoms with Crippen molar-refractivity contribution in [1.82, 2.24) is 9.80 Å². The third-order valence-corrected chi connectivity index (χ3v) is 3.66. The Labute approximate surface area is 128 Å². The number of benzene rings is 1. The number of ether oxygens (including phenoxy) is 1. The summed E-state index contributed by atoms with van der Waals surface area (Å²) < 4.78 is 5.75. The second-order valence-corrected chi connectivity index (χ2v) is 6.24. The molecular formula is C17H28N2O2. The summed E-state index contributed by atoms with van der Waals surface area (Å²) in [6.45, 7) is 11.9. The van der Waals surface area contributed by atoms with E-state index in [-0.39, 0.29) is 12.2 Å². The molecule has 0 amide bonds. The summed E-state index contributed by atoms with van der Waals surface area (Å²) in [5.41, 5.74) is 1.30. The van der Waals surface area contributed by atoms with Gasteiger partial charge in [-0.2, -0.15) is 0 Å². The number of hydrogen-bond acceptors (Lipinski definition) is 4. The van der Waals surface area contributed by atoms with Crippen LogP contribution >= 0.6 is 0 Å². The molecule has 0 radical (unpaired) electrons. The van der Waals surface area contributed by atoms with Crippen molar-refractivity contribution < 1.29 is 9.84 Å². The average Bonchev–Trinajstić information content (AvgIpc) is 2.40. The van der Waals surface area contributed by atoms with Gasteiger partial charge in [-0.25, -0.2) is 0 Å². The highest BCUT2D eigenvalue weighted by molar-refractivity contribution is 5.28. The maximum Gasteiger partial charge on any atom is 0.120 e. The van der Waals surface area contributed by atoms with E-state index < -0.39 is 0 Å². The number of aliphatic hydroxyl groups excluding tert-OH is 1. The maximum absolute atomic E-state index is 9.44. The summed E-state index contributed by atoms with van der Waals surface area (Å²) >= 11 is 0. The monoisotopic (exact) mass is 292 g/mol. The largest absolute Gasteiger partial charge is 0.491 e. The zero-order valence-electron chi connectivity index (χ0n) is 13.5. The van der Waals surface area contributed by atoms with E-state index >= 15 is 0 Å². The van der Waals surface area contributed by atoms with Gasteiger partial charge in [-0.05, 0) is 38.5 Å². The van der Waals surface area contributed by atoms with E-state index in [9.17, 15) is 5.11 Å². The van der Waals surface area contributed by atoms with Crippen LogP contribution in [0.25, 0.3) is 0 Å². The van der Waals surface area contributed by atoms with E-state index in [0.717, 1.165) is 45.0 Å². The molecule has 1 atom stereocenters. The Morgan fingerprint density at radius 2 is 1.76 bits per heavy atom. The molecule has 0 bridgehead atoms. The molecule has 1 N–H and O–H groups in total. The highest BCUT2D eigenvalue weighted by atomic mass is 16.5. The minimum absolute atomic E-state index is 0.212. The molecule has 1 heterocycles. The molecule has 118 valence electrons. The van der Waals surface area contributed by atoms with Crippen molar-refractivity contribution in [1.29, 1.82) is 0 Å². The summed E-state index contributed by atoms with van der Waals surface area (Å²) in [6, 6.07) is 8.39. The number of piperazine rings is 1. The van der Waals surface area contributed by atoms with E-state index in [4.69, 9.17) is 4.74 Å². The van der Waals surface area contributed by atoms with Crippen LogP contribution in [0, 0.1) is 0 Å². The van der Waals surface area contributed by atoms with Crippen LogP contribution in [0.1, 0.15) is 26.3 Å². The molecular weight excluding hydrogens is 264 g/mol. The highest BCUT2D eigenvalue weighted by Gasteiger charge is 2.17. The third-order valence-electron chi connectivity index (χ3n) is 3.66. The van der Waals surface area contributed by atoms with Gasteiger partial charge in [-0.15, -0.1) is 0 Å². The summed E-state index contributed by atoms with van der Waals surface area (Å²) in [7, 11) is 0. The van der Waals surface area contributed by atoms with E-state index in [1.807, 2.05) is 26.8 Å². The molecule has 1 saturated heterocycles. The molecule has 0 aliphatic carbocycles. The van der Waals surface area contributed by atoms with Crippen LogP contribution in [-0.2, 0) is 6.54 Å². The van der Waals surface area contributed by atoms with Gasteiger partial charge in [0.05, 0.1) is 12.2 Å². The molecule has 1 aromatic carbocycles. The number of hydrogen-bond donors (Lipinski definition) is 1. The van der Waals surface area contributed by atoms with Crippen molar-refractivity contribution in [3.63, 3.8) is 0 Å². The van der Waals surface area contributed by atoms with Crippen molar-refractivity contribution in [3.05, 3.63) is 29.8 Å². The van der Waals surface area contributed by atoms with Crippen LogP contribution in [0.2, 0.25) is 0 Å². The van der Waals surface area contributed by atoms with Gasteiger partial charge in [0.15, 0.2) is 0 Å². The van der Waals surface area contributed by atoms with Crippen LogP contribution in [0.3, 0.4) is 0 Å². The fraction of sp³-hybridized carbons (Fsp3) is 0.647. The SMILES string of the molecule is CC(O)CN1CCN(Cc2cccc(OC(C)C)c2)CC1. The Hall–Kier alpha value is -1.10. The topological polar surface area (TPSA) is 35.9 Å². The minimum atomic E-state index is -0.235. The van der Waals surface area contributed by atoms with Crippen LogP contribution < -0.4 is 4.74 Å². The zero-order chi connectivity index (χ0) is 15.2. The van der Waals surface area contributed by atoms with Gasteiger partial charge in [0.2, 0.25) is 0 Å². The molecule has 0 aromatic heterocycles. The first kappa shape index (κ1) is 16.3.